The maximum absolute atomic E-state index is 11.7. The van der Waals surface area contributed by atoms with Crippen LogP contribution in [0.3, 0.4) is 0 Å². The Bertz CT molecular complexity index is 474. The molecule has 96 valence electrons. The molecule has 0 saturated heterocycles. The Labute approximate surface area is 108 Å². The number of benzene rings is 1. The number of hydrogen-bond donors (Lipinski definition) is 0. The summed E-state index contributed by atoms with van der Waals surface area (Å²) in [5.41, 5.74) is 2.59. The van der Waals surface area contributed by atoms with Gasteiger partial charge in [-0.3, -0.25) is 4.79 Å². The molecule has 0 saturated carbocycles. The van der Waals surface area contributed by atoms with Gasteiger partial charge in [0.15, 0.2) is 0 Å². The van der Waals surface area contributed by atoms with Crippen molar-refractivity contribution in [3.05, 3.63) is 29.3 Å². The summed E-state index contributed by atoms with van der Waals surface area (Å²) in [6.07, 6.45) is 0. The first-order valence-electron chi connectivity index (χ1n) is 5.95. The Balaban J connectivity index is 2.93. The molecule has 18 heavy (non-hydrogen) atoms. The number of anilines is 1. The van der Waals surface area contributed by atoms with Gasteiger partial charge in [-0.1, -0.05) is 0 Å². The number of carbonyl (C=O) groups excluding carboxylic acids is 1. The van der Waals surface area contributed by atoms with Crippen LogP contribution in [0.4, 0.5) is 5.69 Å². The summed E-state index contributed by atoms with van der Waals surface area (Å²) in [5, 5.41) is 8.90. The lowest BCUT2D eigenvalue weighted by Gasteiger charge is -2.24. The van der Waals surface area contributed by atoms with Crippen molar-refractivity contribution >= 4 is 11.6 Å². The molecule has 1 aromatic carbocycles. The van der Waals surface area contributed by atoms with Crippen LogP contribution in [0.1, 0.15) is 18.1 Å². The third kappa shape index (κ3) is 3.24. The molecule has 0 heterocycles. The van der Waals surface area contributed by atoms with E-state index < -0.39 is 0 Å². The summed E-state index contributed by atoms with van der Waals surface area (Å²) in [7, 11) is 3.50. The van der Waals surface area contributed by atoms with Crippen LogP contribution >= 0.6 is 0 Å². The van der Waals surface area contributed by atoms with Crippen molar-refractivity contribution in [3.8, 4) is 6.07 Å². The highest BCUT2D eigenvalue weighted by atomic mass is 16.2. The van der Waals surface area contributed by atoms with Crippen LogP contribution in [0.5, 0.6) is 0 Å². The van der Waals surface area contributed by atoms with Crippen LogP contribution in [0.15, 0.2) is 18.2 Å². The van der Waals surface area contributed by atoms with E-state index in [9.17, 15) is 4.79 Å². The molecule has 0 aliphatic heterocycles. The second kappa shape index (κ2) is 6.06. The molecule has 0 unspecified atom stereocenters. The van der Waals surface area contributed by atoms with Crippen LogP contribution < -0.4 is 4.90 Å². The Morgan fingerprint density at radius 1 is 1.39 bits per heavy atom. The SMILES string of the molecule is CCN(CC(=O)N(C)C)c1ccc(C#N)c(C)c1. The average molecular weight is 245 g/mol. The number of rotatable bonds is 4. The molecule has 0 atom stereocenters. The number of carbonyl (C=O) groups is 1. The fourth-order valence-electron chi connectivity index (χ4n) is 1.66. The van der Waals surface area contributed by atoms with E-state index in [4.69, 9.17) is 5.26 Å². The minimum atomic E-state index is 0.0684. The number of nitriles is 1. The van der Waals surface area contributed by atoms with Gasteiger partial charge in [0.1, 0.15) is 0 Å². The zero-order valence-electron chi connectivity index (χ0n) is 11.4. The Kier molecular flexibility index (Phi) is 4.73. The van der Waals surface area contributed by atoms with E-state index >= 15 is 0 Å². The van der Waals surface area contributed by atoms with Crippen molar-refractivity contribution in [3.63, 3.8) is 0 Å². The minimum absolute atomic E-state index is 0.0684. The predicted molar refractivity (Wildman–Crippen MR) is 72.5 cm³/mol. The molecule has 0 N–H and O–H groups in total. The van der Waals surface area contributed by atoms with Crippen molar-refractivity contribution in [1.82, 2.24) is 4.90 Å². The number of likely N-dealkylation sites (N-methyl/N-ethyl adjacent to an activating group) is 2. The van der Waals surface area contributed by atoms with Crippen LogP contribution in [0.25, 0.3) is 0 Å². The molecule has 0 aromatic heterocycles. The molecule has 0 spiro atoms. The zero-order chi connectivity index (χ0) is 13.7. The summed E-state index contributed by atoms with van der Waals surface area (Å²) in [5.74, 6) is 0.0684. The van der Waals surface area contributed by atoms with E-state index in [1.165, 1.54) is 0 Å². The Morgan fingerprint density at radius 3 is 2.50 bits per heavy atom. The first kappa shape index (κ1) is 14.0. The van der Waals surface area contributed by atoms with Gasteiger partial charge in [0.25, 0.3) is 0 Å². The van der Waals surface area contributed by atoms with Crippen LogP contribution in [0, 0.1) is 18.3 Å². The Morgan fingerprint density at radius 2 is 2.06 bits per heavy atom. The summed E-state index contributed by atoms with van der Waals surface area (Å²) in [6, 6.07) is 7.78. The van der Waals surface area contributed by atoms with Crippen molar-refractivity contribution < 1.29 is 4.79 Å². The zero-order valence-corrected chi connectivity index (χ0v) is 11.4. The van der Waals surface area contributed by atoms with Gasteiger partial charge >= 0.3 is 0 Å². The highest BCUT2D eigenvalue weighted by molar-refractivity contribution is 5.81. The van der Waals surface area contributed by atoms with E-state index in [2.05, 4.69) is 6.07 Å². The lowest BCUT2D eigenvalue weighted by Crippen LogP contribution is -2.36. The van der Waals surface area contributed by atoms with Crippen molar-refractivity contribution in [2.45, 2.75) is 13.8 Å². The smallest absolute Gasteiger partial charge is 0.241 e. The molecule has 0 radical (unpaired) electrons. The third-order valence-electron chi connectivity index (χ3n) is 2.90. The first-order chi connectivity index (χ1) is 8.49. The lowest BCUT2D eigenvalue weighted by atomic mass is 10.1. The van der Waals surface area contributed by atoms with Gasteiger partial charge in [0, 0.05) is 26.3 Å². The molecular weight excluding hydrogens is 226 g/mol. The summed E-state index contributed by atoms with van der Waals surface area (Å²) < 4.78 is 0. The highest BCUT2D eigenvalue weighted by Gasteiger charge is 2.12. The largest absolute Gasteiger partial charge is 0.362 e. The maximum atomic E-state index is 11.7. The summed E-state index contributed by atoms with van der Waals surface area (Å²) in [4.78, 5) is 15.3. The fraction of sp³-hybridized carbons (Fsp3) is 0.429. The summed E-state index contributed by atoms with van der Waals surface area (Å²) >= 11 is 0. The molecule has 0 bridgehead atoms. The lowest BCUT2D eigenvalue weighted by molar-refractivity contribution is -0.127. The number of nitrogens with zero attached hydrogens (tertiary/aromatic N) is 3. The molecule has 1 rings (SSSR count). The molecule has 1 amide bonds. The quantitative estimate of drug-likeness (QED) is 0.812. The molecule has 1 aromatic rings. The third-order valence-corrected chi connectivity index (χ3v) is 2.90. The van der Waals surface area contributed by atoms with E-state index in [0.717, 1.165) is 17.8 Å². The Hall–Kier alpha value is -2.02. The van der Waals surface area contributed by atoms with Gasteiger partial charge < -0.3 is 9.80 Å². The molecule has 0 aliphatic rings. The van der Waals surface area contributed by atoms with Crippen molar-refractivity contribution in [1.29, 1.82) is 5.26 Å². The number of aryl methyl sites for hydroxylation is 1. The predicted octanol–water partition coefficient (Wildman–Crippen LogP) is 1.78. The molecule has 0 fully saturated rings. The normalized spacial score (nSPS) is 9.72. The molecular formula is C14H19N3O. The summed E-state index contributed by atoms with van der Waals surface area (Å²) in [6.45, 7) is 5.03. The number of amides is 1. The van der Waals surface area contributed by atoms with E-state index in [-0.39, 0.29) is 5.91 Å². The topological polar surface area (TPSA) is 47.3 Å². The van der Waals surface area contributed by atoms with Crippen LogP contribution in [-0.4, -0.2) is 38.0 Å². The van der Waals surface area contributed by atoms with Crippen LogP contribution in [-0.2, 0) is 4.79 Å². The standard InChI is InChI=1S/C14H19N3O/c1-5-17(10-14(18)16(3)4)13-7-6-12(9-15)11(2)8-13/h6-8H,5,10H2,1-4H3. The van der Waals surface area contributed by atoms with E-state index in [1.54, 1.807) is 25.1 Å². The van der Waals surface area contributed by atoms with E-state index in [0.29, 0.717) is 12.1 Å². The molecule has 4 nitrogen and oxygen atoms in total. The van der Waals surface area contributed by atoms with Gasteiger partial charge in [-0.05, 0) is 37.6 Å². The van der Waals surface area contributed by atoms with Gasteiger partial charge in [-0.2, -0.15) is 5.26 Å². The van der Waals surface area contributed by atoms with Gasteiger partial charge in [-0.15, -0.1) is 0 Å². The second-order valence-corrected chi connectivity index (χ2v) is 4.41. The molecule has 4 heteroatoms. The van der Waals surface area contributed by atoms with Gasteiger partial charge in [-0.25, -0.2) is 0 Å². The van der Waals surface area contributed by atoms with E-state index in [1.807, 2.05) is 30.9 Å². The van der Waals surface area contributed by atoms with Crippen molar-refractivity contribution in [2.24, 2.45) is 0 Å². The first-order valence-corrected chi connectivity index (χ1v) is 5.95. The molecule has 0 aliphatic carbocycles. The van der Waals surface area contributed by atoms with Crippen molar-refractivity contribution in [2.75, 3.05) is 32.1 Å². The number of hydrogen-bond acceptors (Lipinski definition) is 3. The second-order valence-electron chi connectivity index (χ2n) is 4.41. The monoisotopic (exact) mass is 245 g/mol. The van der Waals surface area contributed by atoms with Gasteiger partial charge in [0.05, 0.1) is 18.2 Å². The average Bonchev–Trinajstić information content (AvgIpc) is 2.35. The minimum Gasteiger partial charge on any atom is -0.362 e. The maximum Gasteiger partial charge on any atom is 0.241 e. The highest BCUT2D eigenvalue weighted by Crippen LogP contribution is 2.18. The van der Waals surface area contributed by atoms with Crippen LogP contribution in [0.2, 0.25) is 0 Å². The fourth-order valence-corrected chi connectivity index (χ4v) is 1.66. The van der Waals surface area contributed by atoms with Gasteiger partial charge in [0.2, 0.25) is 5.91 Å².